The molecule has 0 spiro atoms. The highest BCUT2D eigenvalue weighted by Crippen LogP contribution is 2.21. The quantitative estimate of drug-likeness (QED) is 0.895. The second-order valence-electron chi connectivity index (χ2n) is 4.80. The van der Waals surface area contributed by atoms with Crippen LogP contribution in [0.15, 0.2) is 24.3 Å². The van der Waals surface area contributed by atoms with Crippen molar-refractivity contribution in [1.82, 2.24) is 4.90 Å². The van der Waals surface area contributed by atoms with Crippen LogP contribution in [0.1, 0.15) is 25.7 Å². The number of halogens is 1. The van der Waals surface area contributed by atoms with Crippen molar-refractivity contribution in [2.24, 2.45) is 0 Å². The molecular formula is C14H19ClN2O2. The number of hydrogen-bond acceptors (Lipinski definition) is 2. The molecule has 2 amide bonds. The summed E-state index contributed by atoms with van der Waals surface area (Å²) < 4.78 is 0. The highest BCUT2D eigenvalue weighted by Gasteiger charge is 2.26. The van der Waals surface area contributed by atoms with Gasteiger partial charge in [0, 0.05) is 29.9 Å². The Morgan fingerprint density at radius 3 is 3.05 bits per heavy atom. The van der Waals surface area contributed by atoms with Crippen molar-refractivity contribution in [3.05, 3.63) is 29.3 Å². The van der Waals surface area contributed by atoms with Crippen molar-refractivity contribution >= 4 is 23.3 Å². The molecule has 0 unspecified atom stereocenters. The molecule has 5 heteroatoms. The third kappa shape index (κ3) is 3.85. The third-order valence-corrected chi connectivity index (χ3v) is 3.66. The molecule has 2 N–H and O–H groups in total. The molecule has 1 aliphatic rings. The van der Waals surface area contributed by atoms with E-state index >= 15 is 0 Å². The fourth-order valence-corrected chi connectivity index (χ4v) is 2.67. The number of carbonyl (C=O) groups excluding carboxylic acids is 1. The number of urea groups is 1. The molecule has 1 aromatic carbocycles. The van der Waals surface area contributed by atoms with Gasteiger partial charge in [-0.1, -0.05) is 17.7 Å². The first-order valence-electron chi connectivity index (χ1n) is 6.65. The first kappa shape index (κ1) is 14.2. The molecule has 0 bridgehead atoms. The largest absolute Gasteiger partial charge is 0.396 e. The molecule has 1 saturated heterocycles. The van der Waals surface area contributed by atoms with Crippen LogP contribution in [0, 0.1) is 0 Å². The molecule has 1 heterocycles. The Hall–Kier alpha value is -1.26. The van der Waals surface area contributed by atoms with Gasteiger partial charge in [-0.15, -0.1) is 0 Å². The van der Waals surface area contributed by atoms with E-state index in [1.165, 1.54) is 0 Å². The Kier molecular flexibility index (Phi) is 5.05. The summed E-state index contributed by atoms with van der Waals surface area (Å²) in [5, 5.41) is 12.5. The van der Waals surface area contributed by atoms with Gasteiger partial charge in [-0.3, -0.25) is 0 Å². The lowest BCUT2D eigenvalue weighted by molar-refractivity contribution is 0.141. The van der Waals surface area contributed by atoms with Crippen LogP contribution in [0.5, 0.6) is 0 Å². The molecular weight excluding hydrogens is 264 g/mol. The SMILES string of the molecule is O=C(Nc1cccc(Cl)c1)N1CCCC[C@H]1CCO. The highest BCUT2D eigenvalue weighted by molar-refractivity contribution is 6.30. The number of rotatable bonds is 3. The first-order chi connectivity index (χ1) is 9.20. The standard InChI is InChI=1S/C14H19ClN2O2/c15-11-4-3-5-12(10-11)16-14(19)17-8-2-1-6-13(17)7-9-18/h3-5,10,13,18H,1-2,6-9H2,(H,16,19)/t13-/m0/s1. The molecule has 1 fully saturated rings. The van der Waals surface area contributed by atoms with Crippen LogP contribution in [-0.2, 0) is 0 Å². The van der Waals surface area contributed by atoms with Crippen LogP contribution in [0.25, 0.3) is 0 Å². The Balaban J connectivity index is 2.01. The van der Waals surface area contributed by atoms with Crippen molar-refractivity contribution in [1.29, 1.82) is 0 Å². The number of carbonyl (C=O) groups is 1. The second kappa shape index (κ2) is 6.78. The van der Waals surface area contributed by atoms with E-state index in [1.807, 2.05) is 11.0 Å². The number of anilines is 1. The third-order valence-electron chi connectivity index (χ3n) is 3.43. The van der Waals surface area contributed by atoms with Crippen molar-refractivity contribution in [2.45, 2.75) is 31.7 Å². The van der Waals surface area contributed by atoms with Crippen molar-refractivity contribution in [3.63, 3.8) is 0 Å². The minimum absolute atomic E-state index is 0.111. The van der Waals surface area contributed by atoms with E-state index in [4.69, 9.17) is 16.7 Å². The van der Waals surface area contributed by atoms with E-state index in [-0.39, 0.29) is 18.7 Å². The number of aliphatic hydroxyl groups excluding tert-OH is 1. The molecule has 0 aliphatic carbocycles. The van der Waals surface area contributed by atoms with E-state index in [0.717, 1.165) is 25.8 Å². The van der Waals surface area contributed by atoms with Gasteiger partial charge < -0.3 is 15.3 Å². The number of hydrogen-bond donors (Lipinski definition) is 2. The predicted octanol–water partition coefficient (Wildman–Crippen LogP) is 3.11. The Bertz CT molecular complexity index is 437. The summed E-state index contributed by atoms with van der Waals surface area (Å²) in [5.41, 5.74) is 0.700. The number of benzene rings is 1. The summed E-state index contributed by atoms with van der Waals surface area (Å²) >= 11 is 5.89. The van der Waals surface area contributed by atoms with Gasteiger partial charge in [0.05, 0.1) is 0 Å². The van der Waals surface area contributed by atoms with Gasteiger partial charge in [0.2, 0.25) is 0 Å². The molecule has 104 valence electrons. The molecule has 0 radical (unpaired) electrons. The summed E-state index contributed by atoms with van der Waals surface area (Å²) in [7, 11) is 0. The minimum atomic E-state index is -0.111. The number of nitrogens with zero attached hydrogens (tertiary/aromatic N) is 1. The maximum atomic E-state index is 12.3. The topological polar surface area (TPSA) is 52.6 Å². The normalized spacial score (nSPS) is 19.3. The molecule has 0 saturated carbocycles. The monoisotopic (exact) mass is 282 g/mol. The van der Waals surface area contributed by atoms with Crippen molar-refractivity contribution in [3.8, 4) is 0 Å². The molecule has 4 nitrogen and oxygen atoms in total. The molecule has 1 aromatic rings. The Labute approximate surface area is 118 Å². The van der Waals surface area contributed by atoms with E-state index in [9.17, 15) is 4.79 Å². The van der Waals surface area contributed by atoms with Crippen LogP contribution in [-0.4, -0.2) is 35.2 Å². The van der Waals surface area contributed by atoms with Gasteiger partial charge >= 0.3 is 6.03 Å². The van der Waals surface area contributed by atoms with E-state index < -0.39 is 0 Å². The van der Waals surface area contributed by atoms with Crippen LogP contribution in [0.2, 0.25) is 5.02 Å². The lowest BCUT2D eigenvalue weighted by atomic mass is 10.0. The zero-order chi connectivity index (χ0) is 13.7. The van der Waals surface area contributed by atoms with E-state index in [2.05, 4.69) is 5.32 Å². The Morgan fingerprint density at radius 1 is 1.47 bits per heavy atom. The molecule has 0 aromatic heterocycles. The number of nitrogens with one attached hydrogen (secondary N) is 1. The maximum Gasteiger partial charge on any atom is 0.322 e. The number of aliphatic hydroxyl groups is 1. The zero-order valence-electron chi connectivity index (χ0n) is 10.8. The van der Waals surface area contributed by atoms with Crippen molar-refractivity contribution < 1.29 is 9.90 Å². The van der Waals surface area contributed by atoms with Gasteiger partial charge in [-0.25, -0.2) is 4.79 Å². The van der Waals surface area contributed by atoms with Gasteiger partial charge in [-0.2, -0.15) is 0 Å². The lowest BCUT2D eigenvalue weighted by Crippen LogP contribution is -2.46. The summed E-state index contributed by atoms with van der Waals surface area (Å²) in [6, 6.07) is 7.14. The van der Waals surface area contributed by atoms with Gasteiger partial charge in [0.15, 0.2) is 0 Å². The van der Waals surface area contributed by atoms with Gasteiger partial charge in [0.1, 0.15) is 0 Å². The van der Waals surface area contributed by atoms with Crippen LogP contribution >= 0.6 is 11.6 Å². The van der Waals surface area contributed by atoms with E-state index in [1.54, 1.807) is 18.2 Å². The summed E-state index contributed by atoms with van der Waals surface area (Å²) in [6.07, 6.45) is 3.74. The second-order valence-corrected chi connectivity index (χ2v) is 5.23. The summed E-state index contributed by atoms with van der Waals surface area (Å²) in [5.74, 6) is 0. The van der Waals surface area contributed by atoms with Gasteiger partial charge in [0.25, 0.3) is 0 Å². The minimum Gasteiger partial charge on any atom is -0.396 e. The maximum absolute atomic E-state index is 12.3. The molecule has 1 atom stereocenters. The summed E-state index contributed by atoms with van der Waals surface area (Å²) in [6.45, 7) is 0.864. The van der Waals surface area contributed by atoms with Crippen LogP contribution < -0.4 is 5.32 Å². The fourth-order valence-electron chi connectivity index (χ4n) is 2.48. The Morgan fingerprint density at radius 2 is 2.32 bits per heavy atom. The highest BCUT2D eigenvalue weighted by atomic mass is 35.5. The van der Waals surface area contributed by atoms with Crippen LogP contribution in [0.3, 0.4) is 0 Å². The number of piperidine rings is 1. The predicted molar refractivity (Wildman–Crippen MR) is 76.5 cm³/mol. The van der Waals surface area contributed by atoms with Crippen molar-refractivity contribution in [2.75, 3.05) is 18.5 Å². The molecule has 2 rings (SSSR count). The van der Waals surface area contributed by atoms with Crippen LogP contribution in [0.4, 0.5) is 10.5 Å². The first-order valence-corrected chi connectivity index (χ1v) is 7.02. The molecule has 1 aliphatic heterocycles. The average Bonchev–Trinajstić information content (AvgIpc) is 2.39. The molecule has 19 heavy (non-hydrogen) atoms. The fraction of sp³-hybridized carbons (Fsp3) is 0.500. The van der Waals surface area contributed by atoms with E-state index in [0.29, 0.717) is 17.1 Å². The number of likely N-dealkylation sites (tertiary alicyclic amines) is 1. The number of amides is 2. The zero-order valence-corrected chi connectivity index (χ0v) is 11.6. The lowest BCUT2D eigenvalue weighted by Gasteiger charge is -2.35. The average molecular weight is 283 g/mol. The summed E-state index contributed by atoms with van der Waals surface area (Å²) in [4.78, 5) is 14.1. The smallest absolute Gasteiger partial charge is 0.322 e. The van der Waals surface area contributed by atoms with Gasteiger partial charge in [-0.05, 0) is 43.9 Å².